The summed E-state index contributed by atoms with van der Waals surface area (Å²) in [6.07, 6.45) is 0. The first-order chi connectivity index (χ1) is 7.21. The van der Waals surface area contributed by atoms with Gasteiger partial charge in [-0.2, -0.15) is 0 Å². The minimum Gasteiger partial charge on any atom is -0.493 e. The maximum atomic E-state index is 5.41. The molecule has 0 atom stereocenters. The molecule has 6 nitrogen and oxygen atoms in total. The van der Waals surface area contributed by atoms with E-state index in [0.717, 1.165) is 0 Å². The smallest absolute Gasteiger partial charge is 0.208 e. The molecule has 0 bridgehead atoms. The van der Waals surface area contributed by atoms with Crippen molar-refractivity contribution in [3.05, 3.63) is 18.2 Å². The summed E-state index contributed by atoms with van der Waals surface area (Å²) in [7, 11) is 3.12. The third-order valence-electron chi connectivity index (χ3n) is 1.76. The first kappa shape index (κ1) is 11.1. The molecule has 1 aromatic carbocycles. The van der Waals surface area contributed by atoms with Gasteiger partial charge in [0.2, 0.25) is 5.96 Å². The molecule has 5 N–H and O–H groups in total. The Labute approximate surface area is 87.8 Å². The lowest BCUT2D eigenvalue weighted by molar-refractivity contribution is 0.355. The fraction of sp³-hybridized carbons (Fsp3) is 0.222. The second-order valence-corrected chi connectivity index (χ2v) is 2.68. The maximum Gasteiger partial charge on any atom is 0.208 e. The van der Waals surface area contributed by atoms with Gasteiger partial charge in [-0.3, -0.25) is 5.43 Å². The number of nitrogens with two attached hydrogens (primary N) is 2. The van der Waals surface area contributed by atoms with Crippen molar-refractivity contribution in [2.75, 3.05) is 14.2 Å². The average Bonchev–Trinajstić information content (AvgIpc) is 2.28. The summed E-state index contributed by atoms with van der Waals surface area (Å²) in [6.45, 7) is 0. The Hall–Kier alpha value is -1.95. The quantitative estimate of drug-likeness (QED) is 0.285. The molecule has 15 heavy (non-hydrogen) atoms. The molecule has 0 saturated carbocycles. The van der Waals surface area contributed by atoms with Gasteiger partial charge in [-0.25, -0.2) is 10.8 Å². The molecule has 6 heteroatoms. The van der Waals surface area contributed by atoms with E-state index in [1.54, 1.807) is 32.4 Å². The molecule has 0 saturated heterocycles. The molecule has 0 unspecified atom stereocenters. The number of hydrazine groups is 1. The van der Waals surface area contributed by atoms with E-state index < -0.39 is 0 Å². The summed E-state index contributed by atoms with van der Waals surface area (Å²) >= 11 is 0. The highest BCUT2D eigenvalue weighted by Crippen LogP contribution is 2.30. The Morgan fingerprint density at radius 2 is 1.93 bits per heavy atom. The van der Waals surface area contributed by atoms with Gasteiger partial charge in [-0.15, -0.1) is 0 Å². The Morgan fingerprint density at radius 1 is 1.27 bits per heavy atom. The van der Waals surface area contributed by atoms with Gasteiger partial charge in [0.15, 0.2) is 11.5 Å². The molecule has 0 aliphatic carbocycles. The number of nitrogens with one attached hydrogen (secondary N) is 1. The molecule has 1 rings (SSSR count). The van der Waals surface area contributed by atoms with Gasteiger partial charge in [0.1, 0.15) is 0 Å². The van der Waals surface area contributed by atoms with Gasteiger partial charge in [0.25, 0.3) is 0 Å². The van der Waals surface area contributed by atoms with Crippen molar-refractivity contribution in [2.24, 2.45) is 16.6 Å². The SMILES string of the molecule is COc1ccc(N=C(N)NN)cc1OC. The van der Waals surface area contributed by atoms with Gasteiger partial charge < -0.3 is 15.2 Å². The van der Waals surface area contributed by atoms with Gasteiger partial charge in [0.05, 0.1) is 19.9 Å². The minimum absolute atomic E-state index is 0.127. The van der Waals surface area contributed by atoms with Crippen molar-refractivity contribution in [2.45, 2.75) is 0 Å². The van der Waals surface area contributed by atoms with Crippen LogP contribution in [0.15, 0.2) is 23.2 Å². The predicted molar refractivity (Wildman–Crippen MR) is 58.2 cm³/mol. The molecule has 0 amide bonds. The summed E-state index contributed by atoms with van der Waals surface area (Å²) < 4.78 is 10.2. The van der Waals surface area contributed by atoms with Gasteiger partial charge in [-0.1, -0.05) is 0 Å². The molecule has 0 spiro atoms. The maximum absolute atomic E-state index is 5.41. The molecule has 0 radical (unpaired) electrons. The third-order valence-corrected chi connectivity index (χ3v) is 1.76. The predicted octanol–water partition coefficient (Wildman–Crippen LogP) is 0.113. The zero-order valence-electron chi connectivity index (χ0n) is 8.65. The van der Waals surface area contributed by atoms with E-state index in [1.807, 2.05) is 0 Å². The van der Waals surface area contributed by atoms with Crippen LogP contribution in [0.2, 0.25) is 0 Å². The Morgan fingerprint density at radius 3 is 2.47 bits per heavy atom. The lowest BCUT2D eigenvalue weighted by Gasteiger charge is -2.07. The number of benzene rings is 1. The van der Waals surface area contributed by atoms with Gasteiger partial charge >= 0.3 is 0 Å². The molecule has 1 aromatic rings. The monoisotopic (exact) mass is 210 g/mol. The van der Waals surface area contributed by atoms with Crippen LogP contribution in [0.1, 0.15) is 0 Å². The standard InChI is InChI=1S/C9H14N4O2/c1-14-7-4-3-6(5-8(7)15-2)12-9(10)13-11/h3-5H,11H2,1-2H3,(H3,10,12,13). The van der Waals surface area contributed by atoms with Crippen molar-refractivity contribution < 1.29 is 9.47 Å². The Balaban J connectivity index is 3.03. The summed E-state index contributed by atoms with van der Waals surface area (Å²) in [5, 5.41) is 0. The number of aliphatic imine (C=N–C) groups is 1. The van der Waals surface area contributed by atoms with Crippen LogP contribution in [0.5, 0.6) is 11.5 Å². The molecule has 0 heterocycles. The van der Waals surface area contributed by atoms with Crippen molar-refractivity contribution >= 4 is 11.6 Å². The van der Waals surface area contributed by atoms with Crippen molar-refractivity contribution in [3.63, 3.8) is 0 Å². The van der Waals surface area contributed by atoms with Crippen LogP contribution in [-0.2, 0) is 0 Å². The normalized spacial score (nSPS) is 11.0. The molecule has 0 aromatic heterocycles. The molecule has 0 fully saturated rings. The largest absolute Gasteiger partial charge is 0.493 e. The van der Waals surface area contributed by atoms with E-state index in [2.05, 4.69) is 10.4 Å². The first-order valence-electron chi connectivity index (χ1n) is 4.24. The van der Waals surface area contributed by atoms with Crippen LogP contribution in [0.4, 0.5) is 5.69 Å². The zero-order valence-corrected chi connectivity index (χ0v) is 8.65. The average molecular weight is 210 g/mol. The first-order valence-corrected chi connectivity index (χ1v) is 4.24. The number of hydrogen-bond donors (Lipinski definition) is 3. The zero-order chi connectivity index (χ0) is 11.3. The van der Waals surface area contributed by atoms with Gasteiger partial charge in [0, 0.05) is 6.07 Å². The van der Waals surface area contributed by atoms with Crippen LogP contribution in [0, 0.1) is 0 Å². The summed E-state index contributed by atoms with van der Waals surface area (Å²) in [6, 6.07) is 5.18. The number of nitrogens with zero attached hydrogens (tertiary/aromatic N) is 1. The molecule has 82 valence electrons. The second kappa shape index (κ2) is 5.06. The number of methoxy groups -OCH3 is 2. The minimum atomic E-state index is 0.127. The van der Waals surface area contributed by atoms with Crippen LogP contribution >= 0.6 is 0 Å². The summed E-state index contributed by atoms with van der Waals surface area (Å²) in [4.78, 5) is 3.98. The topological polar surface area (TPSA) is 94.9 Å². The van der Waals surface area contributed by atoms with Gasteiger partial charge in [-0.05, 0) is 12.1 Å². The molecular weight excluding hydrogens is 196 g/mol. The summed E-state index contributed by atoms with van der Waals surface area (Å²) in [5.41, 5.74) is 8.27. The third kappa shape index (κ3) is 2.75. The number of ether oxygens (including phenoxy) is 2. The lowest BCUT2D eigenvalue weighted by Crippen LogP contribution is -2.36. The van der Waals surface area contributed by atoms with Crippen LogP contribution < -0.4 is 26.5 Å². The summed E-state index contributed by atoms with van der Waals surface area (Å²) in [5.74, 6) is 6.43. The van der Waals surface area contributed by atoms with E-state index in [1.165, 1.54) is 0 Å². The number of rotatable bonds is 3. The highest BCUT2D eigenvalue weighted by Gasteiger charge is 2.03. The van der Waals surface area contributed by atoms with Crippen molar-refractivity contribution in [1.82, 2.24) is 5.43 Å². The van der Waals surface area contributed by atoms with Crippen molar-refractivity contribution in [3.8, 4) is 11.5 Å². The molecular formula is C9H14N4O2. The number of hydrogen-bond acceptors (Lipinski definition) is 4. The Kier molecular flexibility index (Phi) is 3.75. The van der Waals surface area contributed by atoms with Crippen molar-refractivity contribution in [1.29, 1.82) is 0 Å². The van der Waals surface area contributed by atoms with E-state index >= 15 is 0 Å². The highest BCUT2D eigenvalue weighted by atomic mass is 16.5. The van der Waals surface area contributed by atoms with Crippen LogP contribution in [-0.4, -0.2) is 20.2 Å². The van der Waals surface area contributed by atoms with E-state index in [9.17, 15) is 0 Å². The van der Waals surface area contributed by atoms with Crippen LogP contribution in [0.3, 0.4) is 0 Å². The lowest BCUT2D eigenvalue weighted by atomic mass is 10.3. The van der Waals surface area contributed by atoms with E-state index in [0.29, 0.717) is 17.2 Å². The highest BCUT2D eigenvalue weighted by molar-refractivity contribution is 5.80. The second-order valence-electron chi connectivity index (χ2n) is 2.68. The van der Waals surface area contributed by atoms with Crippen LogP contribution in [0.25, 0.3) is 0 Å². The number of guanidine groups is 1. The van der Waals surface area contributed by atoms with E-state index in [-0.39, 0.29) is 5.96 Å². The Bertz CT molecular complexity index is 365. The fourth-order valence-electron chi connectivity index (χ4n) is 1.07. The molecule has 0 aliphatic rings. The molecule has 0 aliphatic heterocycles. The van der Waals surface area contributed by atoms with E-state index in [4.69, 9.17) is 21.1 Å². The fourth-order valence-corrected chi connectivity index (χ4v) is 1.07.